The number of hydrogen-bond acceptors (Lipinski definition) is 15. The number of nitrogens with zero attached hydrogens (tertiary/aromatic N) is 5. The first kappa shape index (κ1) is 57.4. The molecule has 3 fully saturated rings. The van der Waals surface area contributed by atoms with Crippen molar-refractivity contribution < 1.29 is 102 Å². The second-order valence-electron chi connectivity index (χ2n) is 16.8. The Labute approximate surface area is 426 Å². The van der Waals surface area contributed by atoms with Crippen molar-refractivity contribution in [3.8, 4) is 0 Å². The van der Waals surface area contributed by atoms with Crippen LogP contribution in [0.15, 0.2) is 18.2 Å². The molecule has 3 aliphatic heterocycles. The second kappa shape index (κ2) is 28.6. The number of urea groups is 1. The molecule has 6 amide bonds. The first-order valence-electron chi connectivity index (χ1n) is 22.1. The van der Waals surface area contributed by atoms with E-state index in [9.17, 15) is 53.4 Å². The number of esters is 1. The third kappa shape index (κ3) is 18.8. The zero-order valence-electron chi connectivity index (χ0n) is 38.3. The van der Waals surface area contributed by atoms with Gasteiger partial charge in [0, 0.05) is 117 Å². The fourth-order valence-corrected chi connectivity index (χ4v) is 8.23. The van der Waals surface area contributed by atoms with E-state index >= 15 is 4.39 Å². The van der Waals surface area contributed by atoms with Gasteiger partial charge >= 0.3 is 18.0 Å². The molecule has 0 spiro atoms. The molecule has 1 unspecified atom stereocenters. The van der Waals surface area contributed by atoms with Crippen molar-refractivity contribution in [3.05, 3.63) is 35.8 Å². The number of ketones is 1. The Balaban J connectivity index is 0.0000119. The van der Waals surface area contributed by atoms with Gasteiger partial charge in [0.1, 0.15) is 5.82 Å². The van der Waals surface area contributed by atoms with Gasteiger partial charge in [0.05, 0.1) is 37.9 Å². The van der Waals surface area contributed by atoms with E-state index in [-0.39, 0.29) is 186 Å². The Hall–Kier alpha value is -3.91. The van der Waals surface area contributed by atoms with Crippen molar-refractivity contribution in [2.75, 3.05) is 102 Å². The van der Waals surface area contributed by atoms with Gasteiger partial charge in [-0.3, -0.25) is 53.1 Å². The second-order valence-corrected chi connectivity index (χ2v) is 17.8. The van der Waals surface area contributed by atoms with Crippen LogP contribution in [-0.4, -0.2) is 191 Å². The van der Waals surface area contributed by atoms with Crippen LogP contribution in [0.4, 0.5) is 14.9 Å². The van der Waals surface area contributed by atoms with Gasteiger partial charge in [0.15, 0.2) is 5.78 Å². The number of halogens is 1. The smallest absolute Gasteiger partial charge is 0.319 e. The van der Waals surface area contributed by atoms with Crippen molar-refractivity contribution in [2.45, 2.75) is 59.0 Å². The number of aliphatic carboxylic acids is 2. The Bertz CT molecular complexity index is 1940. The Kier molecular flexibility index (Phi) is 24.5. The molecule has 1 aromatic rings. The Morgan fingerprint density at radius 3 is 2.16 bits per heavy atom. The number of amides is 6. The topological polar surface area (TPSA) is 268 Å². The average molecular weight is 1110 g/mol. The van der Waals surface area contributed by atoms with E-state index in [1.165, 1.54) is 23.9 Å². The van der Waals surface area contributed by atoms with Crippen LogP contribution in [0.5, 0.6) is 0 Å². The van der Waals surface area contributed by atoms with Gasteiger partial charge in [0.2, 0.25) is 23.6 Å². The molecule has 1 aromatic carbocycles. The maximum absolute atomic E-state index is 15.4. The number of carboxylic acids is 2. The van der Waals surface area contributed by atoms with Gasteiger partial charge in [0.25, 0.3) is 5.97 Å². The van der Waals surface area contributed by atoms with Crippen LogP contribution in [-0.2, 0) is 49.6 Å². The number of fused-ring (bicyclic) bond motifs is 1. The molecule has 0 saturated carbocycles. The Morgan fingerprint density at radius 2 is 1.58 bits per heavy atom. The predicted octanol–water partition coefficient (Wildman–Crippen LogP) is 0.255. The summed E-state index contributed by atoms with van der Waals surface area (Å²) < 4.78 is 20.8. The van der Waals surface area contributed by atoms with Gasteiger partial charge < -0.3 is 46.0 Å². The number of likely N-dealkylation sites (tertiary alicyclic amines) is 1. The van der Waals surface area contributed by atoms with Crippen molar-refractivity contribution in [3.63, 3.8) is 0 Å². The number of nitrogens with one attached hydrogen (secondary N) is 4. The van der Waals surface area contributed by atoms with Gasteiger partial charge in [-0.2, -0.15) is 11.8 Å². The molecule has 0 bridgehead atoms. The molecule has 3 heterocycles. The summed E-state index contributed by atoms with van der Waals surface area (Å²) >= 11 is 1.46. The van der Waals surface area contributed by atoms with Crippen LogP contribution in [0.25, 0.3) is 0 Å². The molecule has 3 aliphatic rings. The standard InChI is InChI=1S/C43H63FN9O12S.Gd/c1-5-27(2)30(41(62)45-9-10-53-36(56)18-28(3)42(53)63)20-34(54)33(8-17-66-4)48-43(64)47-32-7-6-29(19-31(32)44)21-46-35(55)22-51-14-13-49(24-38(57)58)11-12-50(25-39(59)60)15-16-52-26-40(61)65-37(52)23-51;/h6-7,19,27-28,30,33H,5,8-18,20-26H2,1-4H3,(H,45,62)(H,46,55)(H,57,58)(H,59,60)(H2,47,48,64);/q-1;/t27-,28?,30-,33-;/m0./s1. The molecular weight excluding hydrogens is 1040 g/mol. The average Bonchev–Trinajstić information content (AvgIpc) is 3.73. The number of benzene rings is 1. The third-order valence-corrected chi connectivity index (χ3v) is 12.4. The van der Waals surface area contributed by atoms with E-state index in [4.69, 9.17) is 4.74 Å². The number of carbonyl (C=O) groups excluding carboxylic acids is 7. The monoisotopic (exact) mass is 1110 g/mol. The van der Waals surface area contributed by atoms with Crippen molar-refractivity contribution in [1.82, 2.24) is 40.4 Å². The summed E-state index contributed by atoms with van der Waals surface area (Å²) in [4.78, 5) is 121. The molecule has 67 heavy (non-hydrogen) atoms. The zero-order chi connectivity index (χ0) is 48.5. The van der Waals surface area contributed by atoms with Crippen molar-refractivity contribution in [1.29, 1.82) is 0 Å². The van der Waals surface area contributed by atoms with Crippen LogP contribution in [0.2, 0.25) is 0 Å². The minimum atomic E-state index is -1.08. The minimum Gasteiger partial charge on any atom is -0.617 e. The largest absolute Gasteiger partial charge is 0.617 e. The summed E-state index contributed by atoms with van der Waals surface area (Å²) in [6.45, 7) is 5.97. The quantitative estimate of drug-likeness (QED) is 0.0517. The van der Waals surface area contributed by atoms with Crippen LogP contribution in [0, 0.1) is 69.7 Å². The summed E-state index contributed by atoms with van der Waals surface area (Å²) in [5.41, 5.74) is 0.170. The molecule has 4 rings (SSSR count). The van der Waals surface area contributed by atoms with Crippen LogP contribution in [0.1, 0.15) is 52.0 Å². The minimum absolute atomic E-state index is 0. The molecule has 0 radical (unpaired) electrons. The van der Waals surface area contributed by atoms with Crippen molar-refractivity contribution in [2.24, 2.45) is 17.8 Å². The first-order valence-corrected chi connectivity index (χ1v) is 23.4. The molecular formula is C43H63FGdN9O12S-. The first-order chi connectivity index (χ1) is 31.4. The van der Waals surface area contributed by atoms with Gasteiger partial charge in [-0.05, 0) is 48.6 Å². The molecule has 3 saturated heterocycles. The maximum atomic E-state index is 15.4. The van der Waals surface area contributed by atoms with Crippen LogP contribution in [0.3, 0.4) is 0 Å². The number of carboxylic acid groups (broad SMARTS) is 2. The van der Waals surface area contributed by atoms with E-state index in [1.54, 1.807) is 26.5 Å². The SMILES string of the molecule is CC[C@H](C)[C@H](CC(=O)[C@H](CCSC)NC(=O)Nc1ccc(CNC(=O)CN2CCN(CC(=O)O)CCN(CC(=O)O)CCN3CC(=O)O[C-]3C2)cc1F)C(=O)NCCN1C(=O)CC(C)C1=O.[Gd]. The van der Waals surface area contributed by atoms with E-state index < -0.39 is 59.4 Å². The van der Waals surface area contributed by atoms with Crippen LogP contribution < -0.4 is 21.3 Å². The van der Waals surface area contributed by atoms with E-state index in [0.717, 1.165) is 11.0 Å². The predicted molar refractivity (Wildman–Crippen MR) is 239 cm³/mol. The summed E-state index contributed by atoms with van der Waals surface area (Å²) in [6, 6.07) is 2.11. The molecule has 374 valence electrons. The molecule has 24 heteroatoms. The van der Waals surface area contributed by atoms with Crippen molar-refractivity contribution >= 4 is 70.8 Å². The van der Waals surface area contributed by atoms with Gasteiger partial charge in [-0.15, -0.1) is 0 Å². The van der Waals surface area contributed by atoms with E-state index in [0.29, 0.717) is 17.7 Å². The molecule has 0 aliphatic carbocycles. The Morgan fingerprint density at radius 1 is 0.940 bits per heavy atom. The zero-order valence-corrected chi connectivity index (χ0v) is 41.4. The van der Waals surface area contributed by atoms with Gasteiger partial charge in [-0.1, -0.05) is 46.0 Å². The summed E-state index contributed by atoms with van der Waals surface area (Å²) in [5, 5.41) is 29.5. The molecule has 0 aromatic heterocycles. The summed E-state index contributed by atoms with van der Waals surface area (Å²) in [7, 11) is 0. The third-order valence-electron chi connectivity index (χ3n) is 11.8. The number of rotatable bonds is 22. The fourth-order valence-electron chi connectivity index (χ4n) is 7.76. The number of Topliss-reactive ketones (excluding diaryl/α,β-unsaturated/α-hetero) is 1. The molecule has 4 atom stereocenters. The number of anilines is 1. The summed E-state index contributed by atoms with van der Waals surface area (Å²) in [6.07, 6.45) is 2.88. The normalized spacial score (nSPS) is 19.4. The van der Waals surface area contributed by atoms with Gasteiger partial charge in [-0.25, -0.2) is 9.18 Å². The van der Waals surface area contributed by atoms with Crippen LogP contribution >= 0.6 is 11.8 Å². The summed E-state index contributed by atoms with van der Waals surface area (Å²) in [5.74, 6) is -6.15. The molecule has 6 N–H and O–H groups in total. The fraction of sp³-hybridized carbons (Fsp3) is 0.628. The number of ether oxygens (including phenoxy) is 1. The maximum Gasteiger partial charge on any atom is 0.319 e. The number of imide groups is 1. The number of hydrogen-bond donors (Lipinski definition) is 6. The number of carbonyl (C=O) groups is 9. The molecule has 21 nitrogen and oxygen atoms in total. The number of thioether (sulfide) groups is 1. The van der Waals surface area contributed by atoms with E-state index in [1.807, 2.05) is 20.1 Å². The van der Waals surface area contributed by atoms with E-state index in [2.05, 4.69) is 21.3 Å².